The Bertz CT molecular complexity index is 1650. The maximum absolute atomic E-state index is 14.2. The van der Waals surface area contributed by atoms with Crippen molar-refractivity contribution < 1.29 is 19.8 Å². The fourth-order valence-corrected chi connectivity index (χ4v) is 5.29. The fraction of sp³-hybridized carbons (Fsp3) is 0.267. The van der Waals surface area contributed by atoms with Gasteiger partial charge < -0.3 is 16.0 Å². The summed E-state index contributed by atoms with van der Waals surface area (Å²) in [5.41, 5.74) is 1.05. The van der Waals surface area contributed by atoms with Gasteiger partial charge in [0.2, 0.25) is 11.9 Å². The molecule has 4 rings (SSSR count). The lowest BCUT2D eigenvalue weighted by Gasteiger charge is -2.27. The average Bonchev–Trinajstić information content (AvgIpc) is 3.48. The number of halogens is 2. The Morgan fingerprint density at radius 2 is 1.84 bits per heavy atom. The average molecular weight is 623 g/mol. The van der Waals surface area contributed by atoms with Crippen molar-refractivity contribution in [1.29, 1.82) is 5.26 Å². The molecule has 0 radical (unpaired) electrons. The molecule has 2 atom stereocenters. The van der Waals surface area contributed by atoms with Crippen LogP contribution in [0.4, 0.5) is 11.6 Å². The zero-order chi connectivity index (χ0) is 31.5. The topological polar surface area (TPSA) is 158 Å². The molecule has 0 saturated carbocycles. The van der Waals surface area contributed by atoms with E-state index in [1.54, 1.807) is 80.9 Å². The minimum absolute atomic E-state index is 0.0764. The van der Waals surface area contributed by atoms with Gasteiger partial charge in [-0.3, -0.25) is 24.4 Å². The van der Waals surface area contributed by atoms with E-state index in [4.69, 9.17) is 28.6 Å². The molecular formula is C30H31Cl2N8O3+. The highest BCUT2D eigenvalue weighted by Gasteiger charge is 2.51. The zero-order valence-corrected chi connectivity index (χ0v) is 25.5. The molecule has 43 heavy (non-hydrogen) atoms. The number of carbonyl (C=O) groups is 3. The number of carbonyl (C=O) groups excluding carboxylic acids is 3. The van der Waals surface area contributed by atoms with E-state index in [0.29, 0.717) is 39.2 Å². The van der Waals surface area contributed by atoms with Crippen molar-refractivity contribution in [1.82, 2.24) is 25.5 Å². The van der Waals surface area contributed by atoms with Gasteiger partial charge in [-0.15, -0.1) is 0 Å². The Hall–Kier alpha value is -4.66. The second-order valence-corrected chi connectivity index (χ2v) is 11.3. The van der Waals surface area contributed by atoms with Crippen molar-refractivity contribution in [2.45, 2.75) is 45.2 Å². The van der Waals surface area contributed by atoms with E-state index in [-0.39, 0.29) is 24.0 Å². The number of rotatable bonds is 10. The number of imidazole rings is 1. The van der Waals surface area contributed by atoms with Crippen LogP contribution in [0.5, 0.6) is 0 Å². The molecule has 3 aromatic rings. The molecule has 0 unspecified atom stereocenters. The minimum atomic E-state index is -1.31. The van der Waals surface area contributed by atoms with Crippen LogP contribution in [-0.2, 0) is 21.5 Å². The van der Waals surface area contributed by atoms with E-state index >= 15 is 0 Å². The second-order valence-electron chi connectivity index (χ2n) is 10.4. The van der Waals surface area contributed by atoms with E-state index in [1.165, 1.54) is 11.1 Å². The van der Waals surface area contributed by atoms with Crippen molar-refractivity contribution in [3.63, 3.8) is 0 Å². The summed E-state index contributed by atoms with van der Waals surface area (Å²) in [6, 6.07) is 12.7. The molecule has 1 aromatic heterocycles. The van der Waals surface area contributed by atoms with Crippen molar-refractivity contribution in [3.05, 3.63) is 87.4 Å². The van der Waals surface area contributed by atoms with Crippen molar-refractivity contribution in [2.24, 2.45) is 0 Å². The third kappa shape index (κ3) is 6.56. The molecule has 0 aliphatic carbocycles. The summed E-state index contributed by atoms with van der Waals surface area (Å²) in [4.78, 5) is 46.5. The number of hydrogen-bond donors (Lipinski definition) is 4. The summed E-state index contributed by atoms with van der Waals surface area (Å²) in [5.74, 6) is -0.800. The summed E-state index contributed by atoms with van der Waals surface area (Å²) in [7, 11) is 1.65. The maximum Gasteiger partial charge on any atom is 0.270 e. The molecule has 1 aliphatic heterocycles. The molecule has 2 aromatic carbocycles. The van der Waals surface area contributed by atoms with Gasteiger partial charge in [0, 0.05) is 36.9 Å². The van der Waals surface area contributed by atoms with E-state index in [9.17, 15) is 19.6 Å². The first-order valence-corrected chi connectivity index (χ1v) is 14.1. The molecule has 0 spiro atoms. The monoisotopic (exact) mass is 621 g/mol. The zero-order valence-electron chi connectivity index (χ0n) is 24.0. The largest absolute Gasteiger partial charge is 0.375 e. The number of aromatic nitrogens is 2. The highest BCUT2D eigenvalue weighted by molar-refractivity contribution is 6.35. The van der Waals surface area contributed by atoms with Gasteiger partial charge in [-0.2, -0.15) is 5.26 Å². The predicted molar refractivity (Wildman–Crippen MR) is 164 cm³/mol. The molecule has 0 fully saturated rings. The van der Waals surface area contributed by atoms with E-state index in [0.717, 1.165) is 5.56 Å². The SMILES string of the molecule is CN/C(=C\CC(C)=[NH2+])NC(=O)[C@H](C)NC(=O)c1cnc2n1[C@](C)(Cc1ccc(C#N)cc1)C(=O)N2c1cc(Cl)cc(Cl)c1. The molecule has 222 valence electrons. The summed E-state index contributed by atoms with van der Waals surface area (Å²) >= 11 is 12.5. The normalized spacial score (nSPS) is 16.7. The molecular weight excluding hydrogens is 591 g/mol. The number of nitriles is 1. The van der Waals surface area contributed by atoms with Gasteiger partial charge >= 0.3 is 0 Å². The number of anilines is 2. The molecule has 0 bridgehead atoms. The summed E-state index contributed by atoms with van der Waals surface area (Å²) in [5, 5.41) is 23.9. The van der Waals surface area contributed by atoms with Gasteiger partial charge in [-0.1, -0.05) is 35.3 Å². The Labute approximate surface area is 259 Å². The van der Waals surface area contributed by atoms with Gasteiger partial charge in [-0.25, -0.2) is 9.88 Å². The smallest absolute Gasteiger partial charge is 0.270 e. The number of benzene rings is 2. The number of nitrogens with two attached hydrogens (primary N) is 1. The third-order valence-corrected chi connectivity index (χ3v) is 7.40. The van der Waals surface area contributed by atoms with Gasteiger partial charge in [-0.05, 0) is 55.8 Å². The Kier molecular flexibility index (Phi) is 9.23. The van der Waals surface area contributed by atoms with E-state index in [1.807, 2.05) is 0 Å². The number of nitrogens with one attached hydrogen (secondary N) is 3. The van der Waals surface area contributed by atoms with E-state index in [2.05, 4.69) is 27.0 Å². The number of fused-ring (bicyclic) bond motifs is 1. The highest BCUT2D eigenvalue weighted by atomic mass is 35.5. The van der Waals surface area contributed by atoms with Crippen LogP contribution in [0, 0.1) is 11.3 Å². The van der Waals surface area contributed by atoms with Crippen molar-refractivity contribution in [3.8, 4) is 6.07 Å². The van der Waals surface area contributed by atoms with Gasteiger partial charge in [0.05, 0.1) is 23.5 Å². The van der Waals surface area contributed by atoms with Crippen LogP contribution in [0.2, 0.25) is 10.0 Å². The molecule has 3 amide bonds. The summed E-state index contributed by atoms with van der Waals surface area (Å²) < 4.78 is 1.56. The fourth-order valence-electron chi connectivity index (χ4n) is 4.78. The standard InChI is InChI=1S/C30H30Cl2N8O3/c1-17(34)5-10-25(35-4)38-26(41)18(2)37-27(42)24-16-36-29-39(23-12-21(31)11-22(32)13-23)28(43)30(3,40(24)29)14-19-6-8-20(15-33)9-7-19/h6-13,16,18,34-35H,5,14H2,1-4H3,(H,37,42)(H,38,41)/p+1/b25-10+,34-17?/t18-,30+/m0/s1. The van der Waals surface area contributed by atoms with E-state index < -0.39 is 23.4 Å². The lowest BCUT2D eigenvalue weighted by Crippen LogP contribution is -2.47. The molecule has 1 aliphatic rings. The molecule has 13 heteroatoms. The number of nitrogens with zero attached hydrogens (tertiary/aromatic N) is 4. The van der Waals surface area contributed by atoms with Crippen molar-refractivity contribution >= 4 is 58.3 Å². The third-order valence-electron chi connectivity index (χ3n) is 6.97. The lowest BCUT2D eigenvalue weighted by atomic mass is 9.91. The van der Waals surface area contributed by atoms with Crippen LogP contribution in [0.15, 0.2) is 60.6 Å². The van der Waals surface area contributed by atoms with Gasteiger partial charge in [0.1, 0.15) is 28.8 Å². The van der Waals surface area contributed by atoms with Crippen LogP contribution < -0.4 is 26.3 Å². The molecule has 2 heterocycles. The van der Waals surface area contributed by atoms with Crippen LogP contribution in [0.25, 0.3) is 0 Å². The Morgan fingerprint density at radius 1 is 1.19 bits per heavy atom. The highest BCUT2D eigenvalue weighted by Crippen LogP contribution is 2.43. The van der Waals surface area contributed by atoms with Crippen LogP contribution >= 0.6 is 23.2 Å². The van der Waals surface area contributed by atoms with Gasteiger partial charge in [0.15, 0.2) is 0 Å². The van der Waals surface area contributed by atoms with Gasteiger partial charge in [0.25, 0.3) is 11.8 Å². The lowest BCUT2D eigenvalue weighted by molar-refractivity contribution is -0.124. The van der Waals surface area contributed by atoms with Crippen molar-refractivity contribution in [2.75, 3.05) is 11.9 Å². The quantitative estimate of drug-likeness (QED) is 0.255. The second kappa shape index (κ2) is 12.7. The first-order valence-electron chi connectivity index (χ1n) is 13.3. The summed E-state index contributed by atoms with van der Waals surface area (Å²) in [6.07, 6.45) is 3.72. The molecule has 11 nitrogen and oxygen atoms in total. The van der Waals surface area contributed by atoms with Crippen LogP contribution in [0.3, 0.4) is 0 Å². The van der Waals surface area contributed by atoms with Crippen LogP contribution in [-0.4, -0.2) is 46.1 Å². The first-order chi connectivity index (χ1) is 20.4. The molecule has 5 N–H and O–H groups in total. The first kappa shape index (κ1) is 31.3. The predicted octanol–water partition coefficient (Wildman–Crippen LogP) is 2.60. The Morgan fingerprint density at radius 3 is 2.42 bits per heavy atom. The number of allylic oxidation sites excluding steroid dienone is 1. The maximum atomic E-state index is 14.2. The summed E-state index contributed by atoms with van der Waals surface area (Å²) in [6.45, 7) is 5.02. The number of hydrogen-bond acceptors (Lipinski definition) is 6. The number of amides is 3. The minimum Gasteiger partial charge on any atom is -0.375 e. The Balaban J connectivity index is 1.70. The van der Waals surface area contributed by atoms with Crippen LogP contribution in [0.1, 0.15) is 48.8 Å². The molecule has 0 saturated heterocycles.